The fraction of sp³-hybridized carbons (Fsp3) is 0.143. The second kappa shape index (κ2) is 5.63. The van der Waals surface area contributed by atoms with Crippen LogP contribution >= 0.6 is 27.5 Å². The van der Waals surface area contributed by atoms with Gasteiger partial charge in [0, 0.05) is 15.1 Å². The van der Waals surface area contributed by atoms with Gasteiger partial charge in [-0.2, -0.15) is 0 Å². The van der Waals surface area contributed by atoms with Gasteiger partial charge in [-0.15, -0.1) is 0 Å². The van der Waals surface area contributed by atoms with Crippen LogP contribution in [0.25, 0.3) is 0 Å². The van der Waals surface area contributed by atoms with Crippen LogP contribution in [0.1, 0.15) is 11.1 Å². The summed E-state index contributed by atoms with van der Waals surface area (Å²) < 4.78 is 6.70. The van der Waals surface area contributed by atoms with Crippen molar-refractivity contribution in [1.29, 1.82) is 0 Å². The molecule has 2 aromatic rings. The van der Waals surface area contributed by atoms with E-state index in [2.05, 4.69) is 15.9 Å². The van der Waals surface area contributed by atoms with Crippen LogP contribution in [0.15, 0.2) is 40.9 Å². The molecule has 94 valence electrons. The zero-order valence-electron chi connectivity index (χ0n) is 9.91. The summed E-state index contributed by atoms with van der Waals surface area (Å²) >= 11 is 9.50. The Labute approximate surface area is 120 Å². The second-order valence-electron chi connectivity index (χ2n) is 4.02. The summed E-state index contributed by atoms with van der Waals surface area (Å²) in [5.74, 6) is 0.719. The Morgan fingerprint density at radius 1 is 1.28 bits per heavy atom. The van der Waals surface area contributed by atoms with E-state index in [-0.39, 0.29) is 0 Å². The van der Waals surface area contributed by atoms with E-state index in [1.54, 1.807) is 0 Å². The average molecular weight is 327 g/mol. The van der Waals surface area contributed by atoms with Crippen molar-refractivity contribution in [2.75, 3.05) is 5.73 Å². The molecule has 0 aliphatic carbocycles. The van der Waals surface area contributed by atoms with Gasteiger partial charge in [-0.3, -0.25) is 0 Å². The number of hydrogen-bond donors (Lipinski definition) is 1. The number of anilines is 1. The summed E-state index contributed by atoms with van der Waals surface area (Å²) in [7, 11) is 0. The molecule has 0 heterocycles. The zero-order chi connectivity index (χ0) is 13.1. The highest BCUT2D eigenvalue weighted by atomic mass is 79.9. The predicted molar refractivity (Wildman–Crippen MR) is 79.1 cm³/mol. The van der Waals surface area contributed by atoms with Crippen LogP contribution in [0.3, 0.4) is 0 Å². The van der Waals surface area contributed by atoms with Gasteiger partial charge in [0.05, 0.1) is 5.69 Å². The molecule has 0 fully saturated rings. The standard InChI is InChI=1S/C14H13BrClNO/c1-9-3-2-4-13(17)14(9)18-8-10-5-6-11(15)7-12(10)16/h2-7H,8,17H2,1H3. The Morgan fingerprint density at radius 2 is 2.06 bits per heavy atom. The van der Waals surface area contributed by atoms with Crippen molar-refractivity contribution in [2.45, 2.75) is 13.5 Å². The molecule has 4 heteroatoms. The molecule has 0 saturated carbocycles. The van der Waals surface area contributed by atoms with Crippen molar-refractivity contribution in [3.63, 3.8) is 0 Å². The molecule has 0 amide bonds. The van der Waals surface area contributed by atoms with Gasteiger partial charge in [0.15, 0.2) is 0 Å². The van der Waals surface area contributed by atoms with Crippen molar-refractivity contribution >= 4 is 33.2 Å². The lowest BCUT2D eigenvalue weighted by Crippen LogP contribution is -2.01. The van der Waals surface area contributed by atoms with E-state index in [0.717, 1.165) is 21.3 Å². The van der Waals surface area contributed by atoms with Gasteiger partial charge in [0.2, 0.25) is 0 Å². The Kier molecular flexibility index (Phi) is 4.15. The fourth-order valence-electron chi connectivity index (χ4n) is 1.66. The van der Waals surface area contributed by atoms with E-state index in [1.807, 2.05) is 43.3 Å². The third kappa shape index (κ3) is 2.98. The maximum Gasteiger partial charge on any atom is 0.145 e. The minimum Gasteiger partial charge on any atom is -0.486 e. The van der Waals surface area contributed by atoms with Gasteiger partial charge in [-0.25, -0.2) is 0 Å². The van der Waals surface area contributed by atoms with Crippen molar-refractivity contribution in [2.24, 2.45) is 0 Å². The van der Waals surface area contributed by atoms with Crippen LogP contribution in [-0.2, 0) is 6.61 Å². The molecule has 2 N–H and O–H groups in total. The third-order valence-corrected chi connectivity index (χ3v) is 3.47. The quantitative estimate of drug-likeness (QED) is 0.838. The average Bonchev–Trinajstić information content (AvgIpc) is 2.31. The smallest absolute Gasteiger partial charge is 0.145 e. The van der Waals surface area contributed by atoms with Gasteiger partial charge in [-0.1, -0.05) is 45.7 Å². The number of aryl methyl sites for hydroxylation is 1. The van der Waals surface area contributed by atoms with Crippen LogP contribution in [0.5, 0.6) is 5.75 Å². The zero-order valence-corrected chi connectivity index (χ0v) is 12.3. The molecule has 18 heavy (non-hydrogen) atoms. The lowest BCUT2D eigenvalue weighted by molar-refractivity contribution is 0.306. The summed E-state index contributed by atoms with van der Waals surface area (Å²) in [5, 5.41) is 0.677. The second-order valence-corrected chi connectivity index (χ2v) is 5.34. The predicted octanol–water partition coefficient (Wildman–Crippen LogP) is 4.57. The topological polar surface area (TPSA) is 35.2 Å². The first-order chi connectivity index (χ1) is 8.58. The molecule has 0 bridgehead atoms. The fourth-order valence-corrected chi connectivity index (χ4v) is 2.39. The van der Waals surface area contributed by atoms with E-state index in [0.29, 0.717) is 17.3 Å². The first-order valence-corrected chi connectivity index (χ1v) is 6.67. The number of para-hydroxylation sites is 1. The number of nitrogen functional groups attached to an aromatic ring is 1. The third-order valence-electron chi connectivity index (χ3n) is 2.63. The minimum atomic E-state index is 0.404. The molecular weight excluding hydrogens is 314 g/mol. The highest BCUT2D eigenvalue weighted by Gasteiger charge is 2.06. The molecule has 0 unspecified atom stereocenters. The van der Waals surface area contributed by atoms with Crippen molar-refractivity contribution in [3.05, 3.63) is 57.0 Å². The molecule has 0 aliphatic heterocycles. The molecule has 0 radical (unpaired) electrons. The van der Waals surface area contributed by atoms with Gasteiger partial charge in [0.1, 0.15) is 12.4 Å². The van der Waals surface area contributed by atoms with Gasteiger partial charge in [-0.05, 0) is 30.7 Å². The number of halogens is 2. The van der Waals surface area contributed by atoms with E-state index in [1.165, 1.54) is 0 Å². The molecule has 0 saturated heterocycles. The summed E-state index contributed by atoms with van der Waals surface area (Å²) in [5.41, 5.74) is 8.47. The highest BCUT2D eigenvalue weighted by molar-refractivity contribution is 9.10. The van der Waals surface area contributed by atoms with E-state index >= 15 is 0 Å². The Hall–Kier alpha value is -1.19. The normalized spacial score (nSPS) is 10.4. The molecule has 0 atom stereocenters. The van der Waals surface area contributed by atoms with Crippen LogP contribution in [0.4, 0.5) is 5.69 Å². The lowest BCUT2D eigenvalue weighted by Gasteiger charge is -2.12. The summed E-state index contributed by atoms with van der Waals surface area (Å²) in [6, 6.07) is 11.4. The molecule has 0 spiro atoms. The van der Waals surface area contributed by atoms with Crippen molar-refractivity contribution in [1.82, 2.24) is 0 Å². The summed E-state index contributed by atoms with van der Waals surface area (Å²) in [4.78, 5) is 0. The Balaban J connectivity index is 2.16. The minimum absolute atomic E-state index is 0.404. The van der Waals surface area contributed by atoms with Gasteiger partial charge in [0.25, 0.3) is 0 Å². The van der Waals surface area contributed by atoms with Gasteiger partial charge < -0.3 is 10.5 Å². The first kappa shape index (κ1) is 13.2. The van der Waals surface area contributed by atoms with Crippen LogP contribution < -0.4 is 10.5 Å². The summed E-state index contributed by atoms with van der Waals surface area (Å²) in [6.45, 7) is 2.37. The van der Waals surface area contributed by atoms with Crippen molar-refractivity contribution < 1.29 is 4.74 Å². The maximum absolute atomic E-state index is 6.13. The number of rotatable bonds is 3. The monoisotopic (exact) mass is 325 g/mol. The van der Waals surface area contributed by atoms with E-state index in [4.69, 9.17) is 22.1 Å². The van der Waals surface area contributed by atoms with Crippen LogP contribution in [-0.4, -0.2) is 0 Å². The Morgan fingerprint density at radius 3 is 2.72 bits per heavy atom. The van der Waals surface area contributed by atoms with Gasteiger partial charge >= 0.3 is 0 Å². The van der Waals surface area contributed by atoms with E-state index < -0.39 is 0 Å². The Bertz CT molecular complexity index is 551. The highest BCUT2D eigenvalue weighted by Crippen LogP contribution is 2.28. The molecule has 2 aromatic carbocycles. The number of ether oxygens (including phenoxy) is 1. The maximum atomic E-state index is 6.13. The molecule has 2 nitrogen and oxygen atoms in total. The molecule has 0 aliphatic rings. The van der Waals surface area contributed by atoms with Crippen LogP contribution in [0.2, 0.25) is 5.02 Å². The largest absolute Gasteiger partial charge is 0.486 e. The number of hydrogen-bond acceptors (Lipinski definition) is 2. The van der Waals surface area contributed by atoms with E-state index in [9.17, 15) is 0 Å². The first-order valence-electron chi connectivity index (χ1n) is 5.50. The SMILES string of the molecule is Cc1cccc(N)c1OCc1ccc(Br)cc1Cl. The molecular formula is C14H13BrClNO. The number of benzene rings is 2. The van der Waals surface area contributed by atoms with Crippen molar-refractivity contribution in [3.8, 4) is 5.75 Å². The molecule has 0 aromatic heterocycles. The van der Waals surface area contributed by atoms with Crippen LogP contribution in [0, 0.1) is 6.92 Å². The summed E-state index contributed by atoms with van der Waals surface area (Å²) in [6.07, 6.45) is 0. The lowest BCUT2D eigenvalue weighted by atomic mass is 10.2. The molecule has 2 rings (SSSR count). The number of nitrogens with two attached hydrogens (primary N) is 1.